The van der Waals surface area contributed by atoms with Gasteiger partial charge in [-0.25, -0.2) is 4.79 Å². The molecule has 1 amide bonds. The number of esters is 1. The first-order valence-electron chi connectivity index (χ1n) is 9.86. The van der Waals surface area contributed by atoms with Crippen LogP contribution in [0.3, 0.4) is 0 Å². The average molecular weight is 419 g/mol. The topological polar surface area (TPSA) is 73.9 Å². The number of carbonyl (C=O) groups excluding carboxylic acids is 2. The number of nitrogens with one attached hydrogen (secondary N) is 1. The summed E-state index contributed by atoms with van der Waals surface area (Å²) in [6, 6.07) is 21.6. The van der Waals surface area contributed by atoms with Crippen molar-refractivity contribution in [3.05, 3.63) is 89.5 Å². The third-order valence-electron chi connectivity index (χ3n) is 4.66. The molecule has 1 unspecified atom stereocenters. The number of carbonyl (C=O) groups is 2. The van der Waals surface area contributed by atoms with Crippen molar-refractivity contribution < 1.29 is 23.8 Å². The number of hydrogen-bond acceptors (Lipinski definition) is 5. The van der Waals surface area contributed by atoms with Crippen LogP contribution < -0.4 is 14.8 Å². The van der Waals surface area contributed by atoms with Gasteiger partial charge < -0.3 is 19.5 Å². The Balaban J connectivity index is 1.74. The number of aryl methyl sites for hydroxylation is 2. The Morgan fingerprint density at radius 2 is 1.58 bits per heavy atom. The van der Waals surface area contributed by atoms with Crippen molar-refractivity contribution in [1.82, 2.24) is 0 Å². The molecule has 3 aromatic rings. The van der Waals surface area contributed by atoms with Crippen molar-refractivity contribution in [2.24, 2.45) is 0 Å². The van der Waals surface area contributed by atoms with E-state index in [2.05, 4.69) is 5.32 Å². The van der Waals surface area contributed by atoms with Gasteiger partial charge in [-0.1, -0.05) is 54.6 Å². The molecule has 0 heterocycles. The second kappa shape index (κ2) is 10.3. The van der Waals surface area contributed by atoms with Crippen LogP contribution in [0.1, 0.15) is 22.8 Å². The van der Waals surface area contributed by atoms with Crippen LogP contribution in [0.25, 0.3) is 0 Å². The van der Waals surface area contributed by atoms with Gasteiger partial charge in [0.15, 0.2) is 18.1 Å². The molecular formula is C25H25NO5. The van der Waals surface area contributed by atoms with E-state index < -0.39 is 18.0 Å². The summed E-state index contributed by atoms with van der Waals surface area (Å²) in [6.45, 7) is 3.49. The molecule has 0 aliphatic rings. The second-order valence-corrected chi connectivity index (χ2v) is 7.03. The minimum Gasteiger partial charge on any atom is -0.493 e. The summed E-state index contributed by atoms with van der Waals surface area (Å²) >= 11 is 0. The maximum absolute atomic E-state index is 13.0. The molecule has 0 aliphatic heterocycles. The Kier molecular flexibility index (Phi) is 7.27. The van der Waals surface area contributed by atoms with Crippen molar-refractivity contribution in [2.75, 3.05) is 19.0 Å². The quantitative estimate of drug-likeness (QED) is 0.540. The van der Waals surface area contributed by atoms with E-state index in [0.29, 0.717) is 22.7 Å². The lowest BCUT2D eigenvalue weighted by Crippen LogP contribution is -2.28. The van der Waals surface area contributed by atoms with E-state index in [0.717, 1.165) is 11.1 Å². The number of amides is 1. The van der Waals surface area contributed by atoms with Crippen LogP contribution in [-0.2, 0) is 14.3 Å². The first-order chi connectivity index (χ1) is 15.0. The van der Waals surface area contributed by atoms with Crippen LogP contribution in [0.2, 0.25) is 0 Å². The predicted molar refractivity (Wildman–Crippen MR) is 118 cm³/mol. The van der Waals surface area contributed by atoms with Gasteiger partial charge in [0.1, 0.15) is 0 Å². The Labute approximate surface area is 181 Å². The lowest BCUT2D eigenvalue weighted by molar-refractivity contribution is -0.156. The Bertz CT molecular complexity index is 1050. The SMILES string of the molecule is COc1ccccc1OCC(=O)OC(C(=O)Nc1cc(C)ccc1C)c1ccccc1. The van der Waals surface area contributed by atoms with Gasteiger partial charge in [0.2, 0.25) is 6.10 Å². The van der Waals surface area contributed by atoms with E-state index in [9.17, 15) is 9.59 Å². The lowest BCUT2D eigenvalue weighted by atomic mass is 10.1. The number of rotatable bonds is 8. The van der Waals surface area contributed by atoms with Gasteiger partial charge in [-0.3, -0.25) is 4.79 Å². The first-order valence-corrected chi connectivity index (χ1v) is 9.86. The first kappa shape index (κ1) is 21.9. The number of methoxy groups -OCH3 is 1. The summed E-state index contributed by atoms with van der Waals surface area (Å²) in [5, 5.41) is 2.87. The number of hydrogen-bond donors (Lipinski definition) is 1. The summed E-state index contributed by atoms with van der Waals surface area (Å²) < 4.78 is 16.3. The Hall–Kier alpha value is -3.80. The third-order valence-corrected chi connectivity index (χ3v) is 4.66. The Morgan fingerprint density at radius 3 is 2.29 bits per heavy atom. The fourth-order valence-corrected chi connectivity index (χ4v) is 3.01. The number of benzene rings is 3. The fraction of sp³-hybridized carbons (Fsp3) is 0.200. The molecule has 0 aliphatic carbocycles. The van der Waals surface area contributed by atoms with Crippen molar-refractivity contribution >= 4 is 17.6 Å². The number of anilines is 1. The Morgan fingerprint density at radius 1 is 0.903 bits per heavy atom. The molecule has 0 spiro atoms. The molecule has 0 radical (unpaired) electrons. The van der Waals surface area contributed by atoms with Gasteiger partial charge in [0.25, 0.3) is 5.91 Å². The molecule has 3 rings (SSSR count). The van der Waals surface area contributed by atoms with Crippen molar-refractivity contribution in [1.29, 1.82) is 0 Å². The molecule has 0 fully saturated rings. The second-order valence-electron chi connectivity index (χ2n) is 7.03. The van der Waals surface area contributed by atoms with Crippen LogP contribution >= 0.6 is 0 Å². The largest absolute Gasteiger partial charge is 0.493 e. The molecule has 0 saturated carbocycles. The zero-order valence-electron chi connectivity index (χ0n) is 17.8. The van der Waals surface area contributed by atoms with Gasteiger partial charge in [-0.05, 0) is 43.2 Å². The van der Waals surface area contributed by atoms with E-state index in [-0.39, 0.29) is 6.61 Å². The highest BCUT2D eigenvalue weighted by molar-refractivity contribution is 5.96. The maximum atomic E-state index is 13.0. The summed E-state index contributed by atoms with van der Waals surface area (Å²) in [4.78, 5) is 25.5. The van der Waals surface area contributed by atoms with E-state index in [1.807, 2.05) is 38.1 Å². The smallest absolute Gasteiger partial charge is 0.345 e. The number of para-hydroxylation sites is 2. The third kappa shape index (κ3) is 5.85. The van der Waals surface area contributed by atoms with E-state index in [1.54, 1.807) is 48.5 Å². The van der Waals surface area contributed by atoms with E-state index in [1.165, 1.54) is 7.11 Å². The molecule has 6 nitrogen and oxygen atoms in total. The van der Waals surface area contributed by atoms with Crippen LogP contribution in [-0.4, -0.2) is 25.6 Å². The van der Waals surface area contributed by atoms with Gasteiger partial charge in [0, 0.05) is 11.3 Å². The van der Waals surface area contributed by atoms with Gasteiger partial charge in [0.05, 0.1) is 7.11 Å². The zero-order chi connectivity index (χ0) is 22.2. The highest BCUT2D eigenvalue weighted by Crippen LogP contribution is 2.26. The summed E-state index contributed by atoms with van der Waals surface area (Å²) in [5.74, 6) is -0.193. The summed E-state index contributed by atoms with van der Waals surface area (Å²) in [7, 11) is 1.52. The molecule has 1 N–H and O–H groups in total. The van der Waals surface area contributed by atoms with Crippen molar-refractivity contribution in [2.45, 2.75) is 20.0 Å². The maximum Gasteiger partial charge on any atom is 0.345 e. The standard InChI is InChI=1S/C25H25NO5/c1-17-13-14-18(2)20(15-17)26-25(28)24(19-9-5-4-6-10-19)31-23(27)16-30-22-12-8-7-11-21(22)29-3/h4-15,24H,16H2,1-3H3,(H,26,28). The van der Waals surface area contributed by atoms with Crippen LogP contribution in [0.4, 0.5) is 5.69 Å². The van der Waals surface area contributed by atoms with Crippen LogP contribution in [0, 0.1) is 13.8 Å². The zero-order valence-corrected chi connectivity index (χ0v) is 17.8. The lowest BCUT2D eigenvalue weighted by Gasteiger charge is -2.19. The molecule has 0 saturated heterocycles. The van der Waals surface area contributed by atoms with E-state index in [4.69, 9.17) is 14.2 Å². The molecular weight excluding hydrogens is 394 g/mol. The summed E-state index contributed by atoms with van der Waals surface area (Å²) in [5.41, 5.74) is 3.17. The average Bonchev–Trinajstić information content (AvgIpc) is 2.79. The highest BCUT2D eigenvalue weighted by atomic mass is 16.6. The molecule has 0 aromatic heterocycles. The molecule has 0 bridgehead atoms. The van der Waals surface area contributed by atoms with Crippen LogP contribution in [0.15, 0.2) is 72.8 Å². The fourth-order valence-electron chi connectivity index (χ4n) is 3.01. The molecule has 160 valence electrons. The van der Waals surface area contributed by atoms with Gasteiger partial charge in [-0.15, -0.1) is 0 Å². The molecule has 6 heteroatoms. The highest BCUT2D eigenvalue weighted by Gasteiger charge is 2.26. The minimum absolute atomic E-state index is 0.361. The van der Waals surface area contributed by atoms with E-state index >= 15 is 0 Å². The van der Waals surface area contributed by atoms with Gasteiger partial charge >= 0.3 is 5.97 Å². The summed E-state index contributed by atoms with van der Waals surface area (Å²) in [6.07, 6.45) is -1.12. The van der Waals surface area contributed by atoms with Gasteiger partial charge in [-0.2, -0.15) is 0 Å². The van der Waals surface area contributed by atoms with Crippen LogP contribution in [0.5, 0.6) is 11.5 Å². The molecule has 3 aromatic carbocycles. The minimum atomic E-state index is -1.12. The number of ether oxygens (including phenoxy) is 3. The monoisotopic (exact) mass is 419 g/mol. The normalized spacial score (nSPS) is 11.3. The van der Waals surface area contributed by atoms with Crippen molar-refractivity contribution in [3.8, 4) is 11.5 Å². The molecule has 1 atom stereocenters. The molecule has 31 heavy (non-hydrogen) atoms. The van der Waals surface area contributed by atoms with Crippen molar-refractivity contribution in [3.63, 3.8) is 0 Å². The predicted octanol–water partition coefficient (Wildman–Crippen LogP) is 4.61.